The minimum absolute atomic E-state index is 0.359. The molecular formula is C15H9BF3O-. The summed E-state index contributed by atoms with van der Waals surface area (Å²) < 4.78 is 36.9. The zero-order valence-corrected chi connectivity index (χ0v) is 10.3. The van der Waals surface area contributed by atoms with Gasteiger partial charge < -0.3 is 17.7 Å². The molecule has 5 heteroatoms. The molecule has 0 atom stereocenters. The van der Waals surface area contributed by atoms with Crippen LogP contribution in [0.4, 0.5) is 12.9 Å². The van der Waals surface area contributed by atoms with E-state index in [9.17, 15) is 17.7 Å². The van der Waals surface area contributed by atoms with Crippen molar-refractivity contribution in [3.8, 4) is 11.8 Å². The van der Waals surface area contributed by atoms with E-state index in [-0.39, 0.29) is 5.56 Å². The summed E-state index contributed by atoms with van der Waals surface area (Å²) in [5, 5.41) is 0. The minimum Gasteiger partial charge on any atom is -0.443 e. The molecular weight excluding hydrogens is 264 g/mol. The third-order valence-corrected chi connectivity index (χ3v) is 2.59. The molecule has 0 unspecified atom stereocenters. The molecule has 0 radical (unpaired) electrons. The Morgan fingerprint density at radius 2 is 1.30 bits per heavy atom. The molecule has 0 bridgehead atoms. The van der Waals surface area contributed by atoms with Crippen LogP contribution in [-0.2, 0) is 0 Å². The Morgan fingerprint density at radius 1 is 0.800 bits per heavy atom. The molecule has 0 aliphatic carbocycles. The molecule has 0 saturated carbocycles. The van der Waals surface area contributed by atoms with Crippen molar-refractivity contribution in [3.05, 3.63) is 71.3 Å². The monoisotopic (exact) mass is 273 g/mol. The first-order chi connectivity index (χ1) is 9.47. The summed E-state index contributed by atoms with van der Waals surface area (Å²) in [6.45, 7) is -5.49. The van der Waals surface area contributed by atoms with Gasteiger partial charge in [-0.25, -0.2) is 0 Å². The van der Waals surface area contributed by atoms with Crippen LogP contribution < -0.4 is 0 Å². The summed E-state index contributed by atoms with van der Waals surface area (Å²) in [5.41, 5.74) is -0.776. The van der Waals surface area contributed by atoms with Gasteiger partial charge in [-0.1, -0.05) is 42.2 Å². The highest BCUT2D eigenvalue weighted by atomic mass is 19.4. The number of hydrogen-bond acceptors (Lipinski definition) is 1. The fraction of sp³-hybridized carbons (Fsp3) is 0. The molecule has 100 valence electrons. The molecule has 20 heavy (non-hydrogen) atoms. The highest BCUT2D eigenvalue weighted by molar-refractivity contribution is 6.93. The van der Waals surface area contributed by atoms with E-state index in [1.54, 1.807) is 0 Å². The van der Waals surface area contributed by atoms with Gasteiger partial charge in [0.1, 0.15) is 5.68 Å². The van der Waals surface area contributed by atoms with Gasteiger partial charge in [-0.05, 0) is 29.8 Å². The lowest BCUT2D eigenvalue weighted by atomic mass is 9.80. The van der Waals surface area contributed by atoms with Crippen molar-refractivity contribution in [2.45, 2.75) is 0 Å². The van der Waals surface area contributed by atoms with E-state index in [0.717, 1.165) is 17.7 Å². The molecule has 0 heterocycles. The average Bonchev–Trinajstić information content (AvgIpc) is 2.45. The van der Waals surface area contributed by atoms with Gasteiger partial charge in [0.2, 0.25) is 0 Å². The normalized spacial score (nSPS) is 10.6. The summed E-state index contributed by atoms with van der Waals surface area (Å²) in [4.78, 5) is 11.0. The van der Waals surface area contributed by atoms with E-state index in [4.69, 9.17) is 0 Å². The van der Waals surface area contributed by atoms with Crippen LogP contribution in [0.3, 0.4) is 0 Å². The third-order valence-electron chi connectivity index (χ3n) is 2.59. The maximum Gasteiger partial charge on any atom is 0.549 e. The predicted octanol–water partition coefficient (Wildman–Crippen LogP) is 3.66. The summed E-state index contributed by atoms with van der Waals surface area (Å²) >= 11 is 0. The quantitative estimate of drug-likeness (QED) is 0.603. The van der Waals surface area contributed by atoms with Crippen molar-refractivity contribution in [1.29, 1.82) is 0 Å². The van der Waals surface area contributed by atoms with Crippen molar-refractivity contribution < 1.29 is 17.7 Å². The summed E-state index contributed by atoms with van der Waals surface area (Å²) in [7, 11) is 0. The van der Waals surface area contributed by atoms with E-state index < -0.39 is 12.7 Å². The molecule has 0 aliphatic heterocycles. The van der Waals surface area contributed by atoms with Crippen LogP contribution in [0.15, 0.2) is 54.6 Å². The molecule has 2 aromatic carbocycles. The first kappa shape index (κ1) is 13.9. The highest BCUT2D eigenvalue weighted by Gasteiger charge is 2.33. The van der Waals surface area contributed by atoms with Crippen molar-refractivity contribution in [1.82, 2.24) is 0 Å². The van der Waals surface area contributed by atoms with Crippen LogP contribution in [0.1, 0.15) is 21.5 Å². The number of carbonyl (C=O) groups is 1. The van der Waals surface area contributed by atoms with Crippen LogP contribution in [0.25, 0.3) is 0 Å². The number of carbonyl (C=O) groups excluding carboxylic acids is 1. The summed E-state index contributed by atoms with van der Waals surface area (Å²) in [5.74, 6) is 5.71. The predicted molar refractivity (Wildman–Crippen MR) is 72.3 cm³/mol. The van der Waals surface area contributed by atoms with Crippen molar-refractivity contribution >= 4 is 12.7 Å². The number of rotatable bonds is 2. The molecule has 0 fully saturated rings. The molecule has 2 aromatic rings. The Labute approximate surface area is 114 Å². The topological polar surface area (TPSA) is 17.1 Å². The fourth-order valence-electron chi connectivity index (χ4n) is 1.57. The lowest BCUT2D eigenvalue weighted by Crippen LogP contribution is -2.29. The Bertz CT molecular complexity index is 664. The lowest BCUT2D eigenvalue weighted by molar-refractivity contribution is 0.102. The van der Waals surface area contributed by atoms with Crippen LogP contribution in [0.2, 0.25) is 0 Å². The van der Waals surface area contributed by atoms with Gasteiger partial charge >= 0.3 is 6.98 Å². The number of halogens is 3. The van der Waals surface area contributed by atoms with Crippen molar-refractivity contribution in [3.63, 3.8) is 0 Å². The van der Waals surface area contributed by atoms with Crippen LogP contribution in [0, 0.1) is 11.8 Å². The van der Waals surface area contributed by atoms with E-state index in [0.29, 0.717) is 5.56 Å². The Kier molecular flexibility index (Phi) is 3.95. The first-order valence-corrected chi connectivity index (χ1v) is 5.88. The summed E-state index contributed by atoms with van der Waals surface area (Å²) in [6.07, 6.45) is 0. The Morgan fingerprint density at radius 3 is 1.80 bits per heavy atom. The highest BCUT2D eigenvalue weighted by Crippen LogP contribution is 2.16. The molecule has 0 saturated heterocycles. The van der Waals surface area contributed by atoms with Gasteiger partial charge in [0.15, 0.2) is 0 Å². The molecule has 0 amide bonds. The summed E-state index contributed by atoms with van der Waals surface area (Å²) in [6, 6.07) is 14.3. The standard InChI is InChI=1S/C15H9BF3O/c17-16(18,19)15(20)14-10-8-13(9-11-14)7-6-12-4-2-1-3-5-12/h1-5,8-11H/q-1. The van der Waals surface area contributed by atoms with E-state index >= 15 is 0 Å². The molecule has 0 N–H and O–H groups in total. The van der Waals surface area contributed by atoms with Gasteiger partial charge in [-0.3, -0.25) is 0 Å². The van der Waals surface area contributed by atoms with Gasteiger partial charge in [0.05, 0.1) is 0 Å². The lowest BCUT2D eigenvalue weighted by Gasteiger charge is -2.12. The second-order valence-electron chi connectivity index (χ2n) is 4.13. The van der Waals surface area contributed by atoms with E-state index in [2.05, 4.69) is 11.8 Å². The maximum absolute atomic E-state index is 12.3. The molecule has 0 aromatic heterocycles. The molecule has 1 nitrogen and oxygen atoms in total. The van der Waals surface area contributed by atoms with Gasteiger partial charge in [0, 0.05) is 11.1 Å². The molecule has 0 aliphatic rings. The second kappa shape index (κ2) is 5.66. The van der Waals surface area contributed by atoms with Gasteiger partial charge in [-0.2, -0.15) is 0 Å². The fourth-order valence-corrected chi connectivity index (χ4v) is 1.57. The molecule has 0 spiro atoms. The van der Waals surface area contributed by atoms with E-state index in [1.807, 2.05) is 30.3 Å². The average molecular weight is 273 g/mol. The van der Waals surface area contributed by atoms with Crippen molar-refractivity contribution in [2.24, 2.45) is 0 Å². The zero-order valence-electron chi connectivity index (χ0n) is 10.3. The molecule has 2 rings (SSSR count). The first-order valence-electron chi connectivity index (χ1n) is 5.88. The Balaban J connectivity index is 2.18. The number of hydrogen-bond donors (Lipinski definition) is 0. The van der Waals surface area contributed by atoms with Crippen LogP contribution in [-0.4, -0.2) is 12.7 Å². The number of benzene rings is 2. The Hall–Kier alpha value is -2.48. The van der Waals surface area contributed by atoms with Crippen LogP contribution in [0.5, 0.6) is 0 Å². The zero-order chi connectivity index (χ0) is 14.6. The third kappa shape index (κ3) is 3.52. The van der Waals surface area contributed by atoms with Gasteiger partial charge in [0.25, 0.3) is 0 Å². The van der Waals surface area contributed by atoms with E-state index in [1.165, 1.54) is 12.1 Å². The van der Waals surface area contributed by atoms with Crippen molar-refractivity contribution in [2.75, 3.05) is 0 Å². The minimum atomic E-state index is -5.49. The maximum atomic E-state index is 12.3. The van der Waals surface area contributed by atoms with Crippen LogP contribution >= 0.6 is 0 Å². The SMILES string of the molecule is O=C(c1ccc(C#Cc2ccccc2)cc1)[B-](F)(F)F. The smallest absolute Gasteiger partial charge is 0.443 e. The largest absolute Gasteiger partial charge is 0.549 e. The second-order valence-corrected chi connectivity index (χ2v) is 4.13. The van der Waals surface area contributed by atoms with Gasteiger partial charge in [-0.15, -0.1) is 0 Å².